The van der Waals surface area contributed by atoms with E-state index in [-0.39, 0.29) is 18.4 Å². The van der Waals surface area contributed by atoms with Crippen LogP contribution in [0.3, 0.4) is 0 Å². The van der Waals surface area contributed by atoms with E-state index >= 15 is 0 Å². The van der Waals surface area contributed by atoms with Gasteiger partial charge in [0, 0.05) is 10.2 Å². The van der Waals surface area contributed by atoms with Crippen LogP contribution in [-0.4, -0.2) is 23.9 Å². The topological polar surface area (TPSA) is 49.4 Å². The number of halogens is 1. The van der Waals surface area contributed by atoms with Gasteiger partial charge < -0.3 is 10.2 Å². The third kappa shape index (κ3) is 2.24. The SMILES string of the molecule is Cc1cc(Br)cc(N2CC(=O)NC3(CCCC3)C2=O)c1. The Morgan fingerprint density at radius 3 is 2.55 bits per heavy atom. The Hall–Kier alpha value is -1.36. The lowest BCUT2D eigenvalue weighted by Crippen LogP contribution is -2.65. The average Bonchev–Trinajstić information content (AvgIpc) is 2.82. The number of benzene rings is 1. The minimum Gasteiger partial charge on any atom is -0.340 e. The second-order valence-corrected chi connectivity index (χ2v) is 6.63. The number of carbonyl (C=O) groups is 2. The Morgan fingerprint density at radius 1 is 1.20 bits per heavy atom. The van der Waals surface area contributed by atoms with Crippen LogP contribution in [0.4, 0.5) is 5.69 Å². The first-order chi connectivity index (χ1) is 9.50. The van der Waals surface area contributed by atoms with Crippen molar-refractivity contribution in [2.45, 2.75) is 38.1 Å². The maximum Gasteiger partial charge on any atom is 0.253 e. The summed E-state index contributed by atoms with van der Waals surface area (Å²) in [5.74, 6) is -0.0313. The van der Waals surface area contributed by atoms with Crippen molar-refractivity contribution in [2.24, 2.45) is 0 Å². The second-order valence-electron chi connectivity index (χ2n) is 5.72. The zero-order chi connectivity index (χ0) is 14.3. The third-order valence-corrected chi connectivity index (χ3v) is 4.59. The van der Waals surface area contributed by atoms with E-state index < -0.39 is 5.54 Å². The lowest BCUT2D eigenvalue weighted by atomic mass is 9.92. The van der Waals surface area contributed by atoms with Crippen molar-refractivity contribution in [1.82, 2.24) is 5.32 Å². The molecule has 5 heteroatoms. The molecule has 1 aromatic carbocycles. The molecular formula is C15H17BrN2O2. The van der Waals surface area contributed by atoms with Crippen molar-refractivity contribution in [3.8, 4) is 0 Å². The fraction of sp³-hybridized carbons (Fsp3) is 0.467. The molecule has 1 heterocycles. The number of rotatable bonds is 1. The van der Waals surface area contributed by atoms with Crippen LogP contribution in [-0.2, 0) is 9.59 Å². The molecule has 0 unspecified atom stereocenters. The Labute approximate surface area is 126 Å². The quantitative estimate of drug-likeness (QED) is 0.856. The van der Waals surface area contributed by atoms with Gasteiger partial charge in [-0.05, 0) is 43.5 Å². The van der Waals surface area contributed by atoms with Gasteiger partial charge in [-0.25, -0.2) is 0 Å². The van der Waals surface area contributed by atoms with E-state index in [1.807, 2.05) is 25.1 Å². The molecule has 1 saturated heterocycles. The zero-order valence-corrected chi connectivity index (χ0v) is 13.0. The molecule has 1 aliphatic carbocycles. The van der Waals surface area contributed by atoms with Gasteiger partial charge in [0.25, 0.3) is 5.91 Å². The van der Waals surface area contributed by atoms with Crippen LogP contribution >= 0.6 is 15.9 Å². The van der Waals surface area contributed by atoms with Crippen molar-refractivity contribution in [1.29, 1.82) is 0 Å². The number of anilines is 1. The predicted octanol–water partition coefficient (Wildman–Crippen LogP) is 2.53. The average molecular weight is 337 g/mol. The molecule has 2 aliphatic rings. The van der Waals surface area contributed by atoms with Gasteiger partial charge in [0.1, 0.15) is 12.1 Å². The molecule has 1 aliphatic heterocycles. The number of amides is 2. The minimum atomic E-state index is -0.661. The maximum atomic E-state index is 12.8. The highest BCUT2D eigenvalue weighted by molar-refractivity contribution is 9.10. The number of hydrogen-bond acceptors (Lipinski definition) is 2. The molecule has 106 valence electrons. The van der Waals surface area contributed by atoms with Crippen LogP contribution < -0.4 is 10.2 Å². The van der Waals surface area contributed by atoms with Crippen LogP contribution in [0, 0.1) is 6.92 Å². The summed E-state index contributed by atoms with van der Waals surface area (Å²) in [5, 5.41) is 2.93. The summed E-state index contributed by atoms with van der Waals surface area (Å²) in [6.45, 7) is 2.09. The van der Waals surface area contributed by atoms with E-state index in [1.54, 1.807) is 4.90 Å². The summed E-state index contributed by atoms with van der Waals surface area (Å²) in [6, 6.07) is 5.83. The van der Waals surface area contributed by atoms with Crippen LogP contribution in [0.15, 0.2) is 22.7 Å². The number of nitrogens with one attached hydrogen (secondary N) is 1. The van der Waals surface area contributed by atoms with Crippen LogP contribution in [0.1, 0.15) is 31.2 Å². The molecule has 1 spiro atoms. The smallest absolute Gasteiger partial charge is 0.253 e. The second kappa shape index (κ2) is 4.88. The van der Waals surface area contributed by atoms with Crippen molar-refractivity contribution < 1.29 is 9.59 Å². The van der Waals surface area contributed by atoms with Gasteiger partial charge in [0.15, 0.2) is 0 Å². The summed E-state index contributed by atoms with van der Waals surface area (Å²) in [6.07, 6.45) is 3.50. The van der Waals surface area contributed by atoms with Gasteiger partial charge in [-0.15, -0.1) is 0 Å². The largest absolute Gasteiger partial charge is 0.340 e. The first kappa shape index (κ1) is 13.6. The molecule has 1 aromatic rings. The molecule has 3 rings (SSSR count). The van der Waals surface area contributed by atoms with E-state index in [2.05, 4.69) is 21.2 Å². The first-order valence-corrected chi connectivity index (χ1v) is 7.70. The van der Waals surface area contributed by atoms with Gasteiger partial charge in [0.05, 0.1) is 0 Å². The standard InChI is InChI=1S/C15H17BrN2O2/c1-10-6-11(16)8-12(7-10)18-9-13(19)17-15(14(18)20)4-2-3-5-15/h6-8H,2-5,9H2,1H3,(H,17,19). The molecule has 20 heavy (non-hydrogen) atoms. The molecule has 4 nitrogen and oxygen atoms in total. The Kier molecular flexibility index (Phi) is 3.32. The van der Waals surface area contributed by atoms with Crippen molar-refractivity contribution in [2.75, 3.05) is 11.4 Å². The van der Waals surface area contributed by atoms with Crippen LogP contribution in [0.2, 0.25) is 0 Å². The fourth-order valence-corrected chi connectivity index (χ4v) is 3.83. The van der Waals surface area contributed by atoms with E-state index in [0.717, 1.165) is 41.4 Å². The molecule has 2 fully saturated rings. The van der Waals surface area contributed by atoms with Crippen LogP contribution in [0.25, 0.3) is 0 Å². The minimum absolute atomic E-state index is 0.0344. The van der Waals surface area contributed by atoms with Gasteiger partial charge in [-0.1, -0.05) is 28.8 Å². The zero-order valence-electron chi connectivity index (χ0n) is 11.4. The normalized spacial score (nSPS) is 21.4. The van der Waals surface area contributed by atoms with E-state index in [0.29, 0.717) is 0 Å². The first-order valence-electron chi connectivity index (χ1n) is 6.90. The molecule has 0 aromatic heterocycles. The van der Waals surface area contributed by atoms with Gasteiger partial charge in [-0.3, -0.25) is 9.59 Å². The van der Waals surface area contributed by atoms with E-state index in [9.17, 15) is 9.59 Å². The van der Waals surface area contributed by atoms with Crippen molar-refractivity contribution in [3.05, 3.63) is 28.2 Å². The lowest BCUT2D eigenvalue weighted by Gasteiger charge is -2.39. The number of aryl methyl sites for hydroxylation is 1. The summed E-state index contributed by atoms with van der Waals surface area (Å²) < 4.78 is 0.923. The molecular weight excluding hydrogens is 320 g/mol. The maximum absolute atomic E-state index is 12.8. The number of piperazine rings is 1. The van der Waals surface area contributed by atoms with Gasteiger partial charge in [0.2, 0.25) is 5.91 Å². The van der Waals surface area contributed by atoms with E-state index in [4.69, 9.17) is 0 Å². The summed E-state index contributed by atoms with van der Waals surface area (Å²) >= 11 is 3.45. The van der Waals surface area contributed by atoms with Gasteiger partial charge in [-0.2, -0.15) is 0 Å². The number of nitrogens with zero attached hydrogens (tertiary/aromatic N) is 1. The van der Waals surface area contributed by atoms with Crippen molar-refractivity contribution >= 4 is 33.4 Å². The Balaban J connectivity index is 1.99. The summed E-state index contributed by atoms with van der Waals surface area (Å²) in [4.78, 5) is 26.4. The monoisotopic (exact) mass is 336 g/mol. The lowest BCUT2D eigenvalue weighted by molar-refractivity contribution is -0.135. The Bertz CT molecular complexity index is 559. The highest BCUT2D eigenvalue weighted by Crippen LogP contribution is 2.35. The molecule has 1 saturated carbocycles. The molecule has 0 bridgehead atoms. The predicted molar refractivity (Wildman–Crippen MR) is 80.6 cm³/mol. The highest BCUT2D eigenvalue weighted by atomic mass is 79.9. The molecule has 1 N–H and O–H groups in total. The summed E-state index contributed by atoms with van der Waals surface area (Å²) in [5.41, 5.74) is 1.20. The highest BCUT2D eigenvalue weighted by Gasteiger charge is 2.48. The van der Waals surface area contributed by atoms with Gasteiger partial charge >= 0.3 is 0 Å². The number of carbonyl (C=O) groups excluding carboxylic acids is 2. The fourth-order valence-electron chi connectivity index (χ4n) is 3.23. The molecule has 0 radical (unpaired) electrons. The van der Waals surface area contributed by atoms with Crippen molar-refractivity contribution in [3.63, 3.8) is 0 Å². The number of hydrogen-bond donors (Lipinski definition) is 1. The molecule has 2 amide bonds. The van der Waals surface area contributed by atoms with E-state index in [1.165, 1.54) is 0 Å². The third-order valence-electron chi connectivity index (χ3n) is 4.13. The summed E-state index contributed by atoms with van der Waals surface area (Å²) in [7, 11) is 0. The molecule has 0 atom stereocenters. The Morgan fingerprint density at radius 2 is 1.90 bits per heavy atom. The van der Waals surface area contributed by atoms with Crippen LogP contribution in [0.5, 0.6) is 0 Å².